The summed E-state index contributed by atoms with van der Waals surface area (Å²) in [6, 6.07) is 7.47. The molecule has 6 heteroatoms. The lowest BCUT2D eigenvalue weighted by molar-refractivity contribution is 0.0709. The second kappa shape index (κ2) is 5.42. The van der Waals surface area contributed by atoms with Crippen molar-refractivity contribution in [1.82, 2.24) is 19.7 Å². The first kappa shape index (κ1) is 12.8. The van der Waals surface area contributed by atoms with Crippen LogP contribution in [0.5, 0.6) is 0 Å². The Morgan fingerprint density at radius 1 is 1.30 bits per heavy atom. The van der Waals surface area contributed by atoms with Crippen molar-refractivity contribution in [2.24, 2.45) is 5.73 Å². The molecular formula is C14H17N5O. The average Bonchev–Trinajstić information content (AvgIpc) is 3.01. The monoisotopic (exact) mass is 271 g/mol. The molecule has 1 unspecified atom stereocenters. The molecule has 20 heavy (non-hydrogen) atoms. The van der Waals surface area contributed by atoms with Gasteiger partial charge in [-0.05, 0) is 37.1 Å². The molecule has 1 saturated heterocycles. The Morgan fingerprint density at radius 3 is 2.75 bits per heavy atom. The SMILES string of the molecule is NC1CCCN(C(=O)c2ccc(-n3cncn3)cc2)C1. The van der Waals surface area contributed by atoms with E-state index in [0.29, 0.717) is 12.1 Å². The van der Waals surface area contributed by atoms with Gasteiger partial charge >= 0.3 is 0 Å². The largest absolute Gasteiger partial charge is 0.337 e. The minimum absolute atomic E-state index is 0.0466. The quantitative estimate of drug-likeness (QED) is 0.877. The number of piperidine rings is 1. The first-order chi connectivity index (χ1) is 9.74. The predicted octanol–water partition coefficient (Wildman–Crippen LogP) is 0.831. The number of aromatic nitrogens is 3. The Kier molecular flexibility index (Phi) is 3.47. The smallest absolute Gasteiger partial charge is 0.253 e. The van der Waals surface area contributed by atoms with E-state index >= 15 is 0 Å². The number of carbonyl (C=O) groups excluding carboxylic acids is 1. The summed E-state index contributed by atoms with van der Waals surface area (Å²) in [5.41, 5.74) is 7.48. The van der Waals surface area contributed by atoms with Crippen molar-refractivity contribution in [2.75, 3.05) is 13.1 Å². The second-order valence-electron chi connectivity index (χ2n) is 5.04. The number of nitrogens with zero attached hydrogens (tertiary/aromatic N) is 4. The summed E-state index contributed by atoms with van der Waals surface area (Å²) in [6.07, 6.45) is 5.08. The lowest BCUT2D eigenvalue weighted by atomic mass is 10.1. The van der Waals surface area contributed by atoms with Crippen LogP contribution >= 0.6 is 0 Å². The normalized spacial score (nSPS) is 19.1. The van der Waals surface area contributed by atoms with Crippen molar-refractivity contribution in [3.05, 3.63) is 42.5 Å². The van der Waals surface area contributed by atoms with E-state index in [4.69, 9.17) is 5.73 Å². The molecule has 6 nitrogen and oxygen atoms in total. The van der Waals surface area contributed by atoms with Crippen LogP contribution in [0.2, 0.25) is 0 Å². The number of nitrogens with two attached hydrogens (primary N) is 1. The molecule has 2 aromatic rings. The van der Waals surface area contributed by atoms with Gasteiger partial charge in [-0.25, -0.2) is 9.67 Å². The standard InChI is InChI=1S/C14H17N5O/c15-12-2-1-7-18(8-12)14(20)11-3-5-13(6-4-11)19-10-16-9-17-19/h3-6,9-10,12H,1-2,7-8,15H2. The van der Waals surface area contributed by atoms with E-state index in [-0.39, 0.29) is 11.9 Å². The van der Waals surface area contributed by atoms with E-state index in [1.165, 1.54) is 6.33 Å². The van der Waals surface area contributed by atoms with Crippen molar-refractivity contribution in [3.63, 3.8) is 0 Å². The minimum atomic E-state index is 0.0466. The Labute approximate surface area is 117 Å². The van der Waals surface area contributed by atoms with Crippen LogP contribution in [0.1, 0.15) is 23.2 Å². The lowest BCUT2D eigenvalue weighted by Gasteiger charge is -2.30. The molecule has 1 fully saturated rings. The summed E-state index contributed by atoms with van der Waals surface area (Å²) in [5, 5.41) is 4.05. The average molecular weight is 271 g/mol. The van der Waals surface area contributed by atoms with Crippen LogP contribution in [-0.2, 0) is 0 Å². The van der Waals surface area contributed by atoms with Gasteiger partial charge in [0.15, 0.2) is 0 Å². The maximum Gasteiger partial charge on any atom is 0.253 e. The fourth-order valence-corrected chi connectivity index (χ4v) is 2.48. The molecule has 1 aliphatic rings. The van der Waals surface area contributed by atoms with Gasteiger partial charge in [0.1, 0.15) is 12.7 Å². The fourth-order valence-electron chi connectivity index (χ4n) is 2.48. The molecule has 0 spiro atoms. The van der Waals surface area contributed by atoms with Crippen LogP contribution in [0.4, 0.5) is 0 Å². The molecular weight excluding hydrogens is 254 g/mol. The highest BCUT2D eigenvalue weighted by Crippen LogP contribution is 2.14. The Morgan fingerprint density at radius 2 is 2.10 bits per heavy atom. The summed E-state index contributed by atoms with van der Waals surface area (Å²) in [5.74, 6) is 0.0466. The van der Waals surface area contributed by atoms with Crippen LogP contribution in [0, 0.1) is 0 Å². The maximum absolute atomic E-state index is 12.4. The highest BCUT2D eigenvalue weighted by molar-refractivity contribution is 5.94. The number of amides is 1. The van der Waals surface area contributed by atoms with E-state index in [1.807, 2.05) is 29.2 Å². The van der Waals surface area contributed by atoms with E-state index in [2.05, 4.69) is 10.1 Å². The first-order valence-corrected chi connectivity index (χ1v) is 6.74. The summed E-state index contributed by atoms with van der Waals surface area (Å²) in [4.78, 5) is 18.1. The molecule has 1 aromatic carbocycles. The lowest BCUT2D eigenvalue weighted by Crippen LogP contribution is -2.45. The molecule has 0 bridgehead atoms. The van der Waals surface area contributed by atoms with E-state index in [9.17, 15) is 4.79 Å². The topological polar surface area (TPSA) is 77.0 Å². The molecule has 1 aromatic heterocycles. The van der Waals surface area contributed by atoms with Gasteiger partial charge in [0, 0.05) is 24.7 Å². The van der Waals surface area contributed by atoms with Crippen molar-refractivity contribution in [2.45, 2.75) is 18.9 Å². The van der Waals surface area contributed by atoms with Crippen molar-refractivity contribution in [1.29, 1.82) is 0 Å². The van der Waals surface area contributed by atoms with E-state index in [0.717, 1.165) is 25.1 Å². The molecule has 2 heterocycles. The third-order valence-corrected chi connectivity index (χ3v) is 3.54. The van der Waals surface area contributed by atoms with Crippen LogP contribution in [0.3, 0.4) is 0 Å². The number of benzene rings is 1. The van der Waals surface area contributed by atoms with Gasteiger partial charge in [-0.3, -0.25) is 4.79 Å². The number of rotatable bonds is 2. The summed E-state index contributed by atoms with van der Waals surface area (Å²) in [7, 11) is 0. The Hall–Kier alpha value is -2.21. The first-order valence-electron chi connectivity index (χ1n) is 6.74. The molecule has 2 N–H and O–H groups in total. The maximum atomic E-state index is 12.4. The fraction of sp³-hybridized carbons (Fsp3) is 0.357. The second-order valence-corrected chi connectivity index (χ2v) is 5.04. The zero-order valence-electron chi connectivity index (χ0n) is 11.1. The number of hydrogen-bond acceptors (Lipinski definition) is 4. The minimum Gasteiger partial charge on any atom is -0.337 e. The van der Waals surface area contributed by atoms with Crippen molar-refractivity contribution >= 4 is 5.91 Å². The van der Waals surface area contributed by atoms with Gasteiger partial charge in [-0.1, -0.05) is 0 Å². The van der Waals surface area contributed by atoms with Crippen molar-refractivity contribution in [3.8, 4) is 5.69 Å². The van der Waals surface area contributed by atoms with E-state index in [1.54, 1.807) is 11.0 Å². The van der Waals surface area contributed by atoms with Gasteiger partial charge in [-0.15, -0.1) is 0 Å². The Balaban J connectivity index is 1.75. The summed E-state index contributed by atoms with van der Waals surface area (Å²) < 4.78 is 1.66. The van der Waals surface area contributed by atoms with Gasteiger partial charge in [0.25, 0.3) is 5.91 Å². The summed E-state index contributed by atoms with van der Waals surface area (Å²) in [6.45, 7) is 1.43. The van der Waals surface area contributed by atoms with E-state index < -0.39 is 0 Å². The highest BCUT2D eigenvalue weighted by atomic mass is 16.2. The molecule has 1 aliphatic heterocycles. The summed E-state index contributed by atoms with van der Waals surface area (Å²) >= 11 is 0. The van der Waals surface area contributed by atoms with Crippen LogP contribution in [0.25, 0.3) is 5.69 Å². The van der Waals surface area contributed by atoms with Gasteiger partial charge in [-0.2, -0.15) is 5.10 Å². The third-order valence-electron chi connectivity index (χ3n) is 3.54. The van der Waals surface area contributed by atoms with Gasteiger partial charge in [0.05, 0.1) is 5.69 Å². The van der Waals surface area contributed by atoms with Crippen LogP contribution < -0.4 is 5.73 Å². The molecule has 3 rings (SSSR count). The van der Waals surface area contributed by atoms with Crippen LogP contribution in [-0.4, -0.2) is 44.7 Å². The molecule has 1 amide bonds. The number of hydrogen-bond donors (Lipinski definition) is 1. The highest BCUT2D eigenvalue weighted by Gasteiger charge is 2.22. The molecule has 1 atom stereocenters. The number of carbonyl (C=O) groups is 1. The number of likely N-dealkylation sites (tertiary alicyclic amines) is 1. The van der Waals surface area contributed by atoms with Gasteiger partial charge < -0.3 is 10.6 Å². The zero-order valence-corrected chi connectivity index (χ0v) is 11.1. The zero-order chi connectivity index (χ0) is 13.9. The molecule has 0 radical (unpaired) electrons. The Bertz CT molecular complexity index is 578. The molecule has 0 aliphatic carbocycles. The molecule has 0 saturated carbocycles. The molecule has 104 valence electrons. The predicted molar refractivity (Wildman–Crippen MR) is 74.5 cm³/mol. The van der Waals surface area contributed by atoms with Crippen molar-refractivity contribution < 1.29 is 4.79 Å². The van der Waals surface area contributed by atoms with Crippen LogP contribution in [0.15, 0.2) is 36.9 Å². The third kappa shape index (κ3) is 2.55. The van der Waals surface area contributed by atoms with Gasteiger partial charge in [0.2, 0.25) is 0 Å².